The molecule has 1 aromatic heterocycles. The van der Waals surface area contributed by atoms with Crippen molar-refractivity contribution >= 4 is 16.8 Å². The summed E-state index contributed by atoms with van der Waals surface area (Å²) < 4.78 is 10.8. The first kappa shape index (κ1) is 11.7. The summed E-state index contributed by atoms with van der Waals surface area (Å²) in [4.78, 5) is 10.8. The van der Waals surface area contributed by atoms with Crippen molar-refractivity contribution in [2.24, 2.45) is 0 Å². The van der Waals surface area contributed by atoms with Crippen LogP contribution in [-0.2, 0) is 6.61 Å². The van der Waals surface area contributed by atoms with Gasteiger partial charge in [-0.3, -0.25) is 4.79 Å². The van der Waals surface area contributed by atoms with Gasteiger partial charge in [0.15, 0.2) is 5.76 Å². The maximum absolute atomic E-state index is 10.8. The van der Waals surface area contributed by atoms with Crippen LogP contribution in [0.2, 0.25) is 0 Å². The van der Waals surface area contributed by atoms with E-state index < -0.39 is 5.24 Å². The maximum atomic E-state index is 10.8. The van der Waals surface area contributed by atoms with E-state index in [1.807, 2.05) is 31.2 Å². The maximum Gasteiger partial charge on any atom is 0.287 e. The number of ether oxygens (including phenoxy) is 1. The van der Waals surface area contributed by atoms with E-state index in [4.69, 9.17) is 20.8 Å². The van der Waals surface area contributed by atoms with Crippen LogP contribution in [0.5, 0.6) is 5.75 Å². The number of rotatable bonds is 4. The number of benzene rings is 1. The second kappa shape index (κ2) is 5.06. The third-order valence-corrected chi connectivity index (χ3v) is 2.51. The summed E-state index contributed by atoms with van der Waals surface area (Å²) in [5.74, 6) is 1.50. The molecule has 0 spiro atoms. The fourth-order valence-corrected chi connectivity index (χ4v) is 1.53. The van der Waals surface area contributed by atoms with Gasteiger partial charge < -0.3 is 9.15 Å². The largest absolute Gasteiger partial charge is 0.485 e. The molecule has 88 valence electrons. The molecule has 0 radical (unpaired) electrons. The summed E-state index contributed by atoms with van der Waals surface area (Å²) in [5, 5.41) is -0.604. The SMILES string of the molecule is Cc1ccccc1OCc1ccc(C(=O)Cl)o1. The molecule has 1 aromatic carbocycles. The molecule has 0 unspecified atom stereocenters. The normalized spacial score (nSPS) is 10.2. The van der Waals surface area contributed by atoms with Crippen LogP contribution < -0.4 is 4.74 Å². The number of halogens is 1. The molecule has 0 saturated carbocycles. The van der Waals surface area contributed by atoms with E-state index in [9.17, 15) is 4.79 Å². The van der Waals surface area contributed by atoms with Crippen molar-refractivity contribution in [2.45, 2.75) is 13.5 Å². The quantitative estimate of drug-likeness (QED) is 0.779. The molecule has 17 heavy (non-hydrogen) atoms. The Bertz CT molecular complexity index is 531. The zero-order valence-corrected chi connectivity index (χ0v) is 10.0. The second-order valence-electron chi connectivity index (χ2n) is 3.59. The van der Waals surface area contributed by atoms with Crippen LogP contribution in [0.4, 0.5) is 0 Å². The molecule has 0 atom stereocenters. The molecule has 0 fully saturated rings. The van der Waals surface area contributed by atoms with Crippen LogP contribution in [0.25, 0.3) is 0 Å². The van der Waals surface area contributed by atoms with Gasteiger partial charge in [0.1, 0.15) is 18.1 Å². The first-order valence-corrected chi connectivity index (χ1v) is 5.51. The van der Waals surface area contributed by atoms with E-state index in [0.717, 1.165) is 11.3 Å². The van der Waals surface area contributed by atoms with Crippen molar-refractivity contribution in [1.29, 1.82) is 0 Å². The van der Waals surface area contributed by atoms with Gasteiger partial charge in [-0.2, -0.15) is 0 Å². The van der Waals surface area contributed by atoms with Crippen LogP contribution in [0.15, 0.2) is 40.8 Å². The van der Waals surface area contributed by atoms with Crippen LogP contribution >= 0.6 is 11.6 Å². The third kappa shape index (κ3) is 2.88. The van der Waals surface area contributed by atoms with E-state index in [0.29, 0.717) is 5.76 Å². The Morgan fingerprint density at radius 3 is 2.71 bits per heavy atom. The van der Waals surface area contributed by atoms with E-state index in [2.05, 4.69) is 0 Å². The lowest BCUT2D eigenvalue weighted by atomic mass is 10.2. The monoisotopic (exact) mass is 250 g/mol. The van der Waals surface area contributed by atoms with Crippen LogP contribution in [-0.4, -0.2) is 5.24 Å². The minimum Gasteiger partial charge on any atom is -0.485 e. The van der Waals surface area contributed by atoms with Crippen molar-refractivity contribution < 1.29 is 13.9 Å². The molecule has 0 amide bonds. The van der Waals surface area contributed by atoms with E-state index >= 15 is 0 Å². The first-order chi connectivity index (χ1) is 8.16. The van der Waals surface area contributed by atoms with Gasteiger partial charge in [-0.1, -0.05) is 18.2 Å². The fraction of sp³-hybridized carbons (Fsp3) is 0.154. The zero-order valence-electron chi connectivity index (χ0n) is 9.27. The molecule has 1 heterocycles. The number of furan rings is 1. The van der Waals surface area contributed by atoms with Crippen molar-refractivity contribution in [3.05, 3.63) is 53.5 Å². The molecule has 0 aliphatic rings. The van der Waals surface area contributed by atoms with Gasteiger partial charge in [-0.05, 0) is 42.3 Å². The van der Waals surface area contributed by atoms with Gasteiger partial charge in [0, 0.05) is 0 Å². The highest BCUT2D eigenvalue weighted by Gasteiger charge is 2.08. The minimum atomic E-state index is -0.604. The Morgan fingerprint density at radius 1 is 1.29 bits per heavy atom. The number of carbonyl (C=O) groups excluding carboxylic acids is 1. The van der Waals surface area contributed by atoms with Crippen molar-refractivity contribution in [2.75, 3.05) is 0 Å². The standard InChI is InChI=1S/C13H11ClO3/c1-9-4-2-3-5-11(9)16-8-10-6-7-12(17-10)13(14)15/h2-7H,8H2,1H3. The number of hydrogen-bond donors (Lipinski definition) is 0. The molecule has 2 aromatic rings. The summed E-state index contributed by atoms with van der Waals surface area (Å²) in [6.07, 6.45) is 0. The predicted molar refractivity (Wildman–Crippen MR) is 64.4 cm³/mol. The van der Waals surface area contributed by atoms with Crippen molar-refractivity contribution in [3.8, 4) is 5.75 Å². The average Bonchev–Trinajstić information content (AvgIpc) is 2.77. The molecule has 0 aliphatic heterocycles. The van der Waals surface area contributed by atoms with Gasteiger partial charge in [0.2, 0.25) is 0 Å². The van der Waals surface area contributed by atoms with Crippen molar-refractivity contribution in [3.63, 3.8) is 0 Å². The lowest BCUT2D eigenvalue weighted by Crippen LogP contribution is -1.95. The van der Waals surface area contributed by atoms with Crippen molar-refractivity contribution in [1.82, 2.24) is 0 Å². The van der Waals surface area contributed by atoms with Crippen LogP contribution in [0, 0.1) is 6.92 Å². The van der Waals surface area contributed by atoms with E-state index in [-0.39, 0.29) is 12.4 Å². The molecular weight excluding hydrogens is 240 g/mol. The molecule has 0 saturated heterocycles. The van der Waals surface area contributed by atoms with Gasteiger partial charge in [0.25, 0.3) is 5.24 Å². The molecule has 0 aliphatic carbocycles. The highest BCUT2D eigenvalue weighted by atomic mass is 35.5. The molecule has 0 N–H and O–H groups in total. The molecular formula is C13H11ClO3. The van der Waals surface area contributed by atoms with E-state index in [1.54, 1.807) is 6.07 Å². The first-order valence-electron chi connectivity index (χ1n) is 5.14. The van der Waals surface area contributed by atoms with E-state index in [1.165, 1.54) is 6.07 Å². The topological polar surface area (TPSA) is 39.4 Å². The van der Waals surface area contributed by atoms with Crippen LogP contribution in [0.1, 0.15) is 21.9 Å². The summed E-state index contributed by atoms with van der Waals surface area (Å²) in [6, 6.07) is 10.9. The number of para-hydroxylation sites is 1. The highest BCUT2D eigenvalue weighted by Crippen LogP contribution is 2.19. The Morgan fingerprint density at radius 2 is 2.06 bits per heavy atom. The molecule has 2 rings (SSSR count). The lowest BCUT2D eigenvalue weighted by molar-refractivity contribution is 0.105. The smallest absolute Gasteiger partial charge is 0.287 e. The lowest BCUT2D eigenvalue weighted by Gasteiger charge is -2.06. The fourth-order valence-electron chi connectivity index (χ4n) is 1.43. The summed E-state index contributed by atoms with van der Waals surface area (Å²) in [5.41, 5.74) is 1.05. The summed E-state index contributed by atoms with van der Waals surface area (Å²) >= 11 is 5.29. The predicted octanol–water partition coefficient (Wildman–Crippen LogP) is 3.55. The highest BCUT2D eigenvalue weighted by molar-refractivity contribution is 6.67. The summed E-state index contributed by atoms with van der Waals surface area (Å²) in [7, 11) is 0. The number of aryl methyl sites for hydroxylation is 1. The number of carbonyl (C=O) groups is 1. The molecule has 0 bridgehead atoms. The van der Waals surface area contributed by atoms with Gasteiger partial charge in [-0.25, -0.2) is 0 Å². The Hall–Kier alpha value is -1.74. The van der Waals surface area contributed by atoms with Gasteiger partial charge in [-0.15, -0.1) is 0 Å². The number of hydrogen-bond acceptors (Lipinski definition) is 3. The molecule has 4 heteroatoms. The summed E-state index contributed by atoms with van der Waals surface area (Å²) in [6.45, 7) is 2.24. The minimum absolute atomic E-state index is 0.134. The average molecular weight is 251 g/mol. The Balaban J connectivity index is 2.02. The Kier molecular flexibility index (Phi) is 3.49. The second-order valence-corrected chi connectivity index (χ2v) is 3.94. The zero-order chi connectivity index (χ0) is 12.3. The molecule has 3 nitrogen and oxygen atoms in total. The van der Waals surface area contributed by atoms with Gasteiger partial charge in [0.05, 0.1) is 0 Å². The van der Waals surface area contributed by atoms with Crippen LogP contribution in [0.3, 0.4) is 0 Å². The Labute approximate surface area is 104 Å². The van der Waals surface area contributed by atoms with Gasteiger partial charge >= 0.3 is 0 Å². The third-order valence-electron chi connectivity index (χ3n) is 2.32.